The SMILES string of the molecule is CC(C)CC(NC(=O)c1cccc(-c2nc3ccccc3o2)c1)c1nn[nH]n1. The van der Waals surface area contributed by atoms with E-state index >= 15 is 0 Å². The highest BCUT2D eigenvalue weighted by Gasteiger charge is 2.21. The lowest BCUT2D eigenvalue weighted by Crippen LogP contribution is -2.30. The van der Waals surface area contributed by atoms with Crippen LogP contribution in [0.1, 0.15) is 42.5 Å². The monoisotopic (exact) mass is 376 g/mol. The minimum Gasteiger partial charge on any atom is -0.436 e. The molecule has 0 spiro atoms. The fourth-order valence-electron chi connectivity index (χ4n) is 3.05. The van der Waals surface area contributed by atoms with Crippen molar-refractivity contribution in [1.29, 1.82) is 0 Å². The molecule has 1 amide bonds. The van der Waals surface area contributed by atoms with E-state index in [-0.39, 0.29) is 11.9 Å². The van der Waals surface area contributed by atoms with Crippen molar-refractivity contribution in [3.8, 4) is 11.5 Å². The molecule has 0 aliphatic heterocycles. The van der Waals surface area contributed by atoms with Gasteiger partial charge in [0.1, 0.15) is 5.52 Å². The Morgan fingerprint density at radius 2 is 2.04 bits per heavy atom. The van der Waals surface area contributed by atoms with E-state index < -0.39 is 0 Å². The van der Waals surface area contributed by atoms with Crippen LogP contribution in [-0.4, -0.2) is 31.5 Å². The van der Waals surface area contributed by atoms with E-state index in [0.29, 0.717) is 35.2 Å². The normalized spacial score (nSPS) is 12.4. The molecule has 0 aliphatic rings. The second-order valence-electron chi connectivity index (χ2n) is 6.99. The molecule has 4 aromatic rings. The Bertz CT molecular complexity index is 1050. The van der Waals surface area contributed by atoms with E-state index in [2.05, 4.69) is 44.8 Å². The molecule has 0 bridgehead atoms. The zero-order chi connectivity index (χ0) is 19.5. The maximum absolute atomic E-state index is 12.8. The number of benzene rings is 2. The van der Waals surface area contributed by atoms with Crippen LogP contribution >= 0.6 is 0 Å². The number of para-hydroxylation sites is 2. The molecule has 0 fully saturated rings. The molecule has 2 heterocycles. The van der Waals surface area contributed by atoms with Gasteiger partial charge in [0.2, 0.25) is 5.89 Å². The van der Waals surface area contributed by atoms with E-state index in [1.807, 2.05) is 36.4 Å². The van der Waals surface area contributed by atoms with Crippen LogP contribution in [0.5, 0.6) is 0 Å². The maximum atomic E-state index is 12.8. The van der Waals surface area contributed by atoms with Gasteiger partial charge < -0.3 is 9.73 Å². The second kappa shape index (κ2) is 7.59. The smallest absolute Gasteiger partial charge is 0.251 e. The number of amides is 1. The molecule has 0 radical (unpaired) electrons. The van der Waals surface area contributed by atoms with Crippen LogP contribution in [-0.2, 0) is 0 Å². The van der Waals surface area contributed by atoms with Gasteiger partial charge in [0.15, 0.2) is 11.4 Å². The van der Waals surface area contributed by atoms with Crippen molar-refractivity contribution in [3.05, 3.63) is 59.9 Å². The minimum absolute atomic E-state index is 0.214. The van der Waals surface area contributed by atoms with Crippen molar-refractivity contribution in [1.82, 2.24) is 30.9 Å². The van der Waals surface area contributed by atoms with Gasteiger partial charge in [-0.1, -0.05) is 37.3 Å². The van der Waals surface area contributed by atoms with Crippen molar-refractivity contribution in [2.75, 3.05) is 0 Å². The summed E-state index contributed by atoms with van der Waals surface area (Å²) in [5.74, 6) is 1.09. The highest BCUT2D eigenvalue weighted by Crippen LogP contribution is 2.25. The zero-order valence-electron chi connectivity index (χ0n) is 15.6. The van der Waals surface area contributed by atoms with E-state index in [1.165, 1.54) is 0 Å². The molecule has 4 rings (SSSR count). The zero-order valence-corrected chi connectivity index (χ0v) is 15.6. The molecule has 142 valence electrons. The lowest BCUT2D eigenvalue weighted by molar-refractivity contribution is 0.0930. The summed E-state index contributed by atoms with van der Waals surface area (Å²) in [7, 11) is 0. The Morgan fingerprint density at radius 1 is 1.18 bits per heavy atom. The van der Waals surface area contributed by atoms with Gasteiger partial charge in [-0.25, -0.2) is 4.98 Å². The van der Waals surface area contributed by atoms with Crippen LogP contribution in [0.2, 0.25) is 0 Å². The summed E-state index contributed by atoms with van der Waals surface area (Å²) in [5, 5.41) is 17.1. The third-order valence-corrected chi connectivity index (χ3v) is 4.35. The van der Waals surface area contributed by atoms with Crippen LogP contribution in [0.4, 0.5) is 0 Å². The molecule has 2 N–H and O–H groups in total. The van der Waals surface area contributed by atoms with E-state index in [4.69, 9.17) is 4.42 Å². The number of H-pyrrole nitrogens is 1. The summed E-state index contributed by atoms with van der Waals surface area (Å²) in [4.78, 5) is 17.3. The number of hydrogen-bond acceptors (Lipinski definition) is 6. The molecule has 0 aliphatic carbocycles. The molecule has 8 nitrogen and oxygen atoms in total. The average molecular weight is 376 g/mol. The Labute approximate surface area is 161 Å². The summed E-state index contributed by atoms with van der Waals surface area (Å²) < 4.78 is 5.81. The second-order valence-corrected chi connectivity index (χ2v) is 6.99. The third kappa shape index (κ3) is 3.75. The van der Waals surface area contributed by atoms with Crippen molar-refractivity contribution in [2.45, 2.75) is 26.3 Å². The fraction of sp³-hybridized carbons (Fsp3) is 0.250. The lowest BCUT2D eigenvalue weighted by Gasteiger charge is -2.17. The van der Waals surface area contributed by atoms with E-state index in [0.717, 1.165) is 11.1 Å². The summed E-state index contributed by atoms with van der Waals surface area (Å²) in [5.41, 5.74) is 2.74. The van der Waals surface area contributed by atoms with Crippen molar-refractivity contribution in [3.63, 3.8) is 0 Å². The van der Waals surface area contributed by atoms with E-state index in [1.54, 1.807) is 12.1 Å². The van der Waals surface area contributed by atoms with Gasteiger partial charge in [-0.2, -0.15) is 5.21 Å². The molecule has 1 unspecified atom stereocenters. The molecular weight excluding hydrogens is 356 g/mol. The Kier molecular flexibility index (Phi) is 4.84. The predicted octanol–water partition coefficient (Wildman–Crippen LogP) is 3.53. The standard InChI is InChI=1S/C20H20N6O2/c1-12(2)10-16(18-23-25-26-24-18)21-19(27)13-6-5-7-14(11-13)20-22-15-8-3-4-9-17(15)28-20/h3-9,11-12,16H,10H2,1-2H3,(H,21,27)(H,23,24,25,26). The fourth-order valence-corrected chi connectivity index (χ4v) is 3.05. The topological polar surface area (TPSA) is 110 Å². The molecule has 0 saturated carbocycles. The third-order valence-electron chi connectivity index (χ3n) is 4.35. The number of nitrogens with one attached hydrogen (secondary N) is 2. The van der Waals surface area contributed by atoms with Crippen LogP contribution in [0.15, 0.2) is 52.9 Å². The number of rotatable bonds is 6. The first-order chi connectivity index (χ1) is 13.6. The number of aromatic nitrogens is 5. The maximum Gasteiger partial charge on any atom is 0.251 e. The number of fused-ring (bicyclic) bond motifs is 1. The van der Waals surface area contributed by atoms with Gasteiger partial charge in [-0.3, -0.25) is 4.79 Å². The summed E-state index contributed by atoms with van der Waals surface area (Å²) in [6.45, 7) is 4.15. The number of nitrogens with zero attached hydrogens (tertiary/aromatic N) is 4. The molecule has 28 heavy (non-hydrogen) atoms. The van der Waals surface area contributed by atoms with Crippen LogP contribution < -0.4 is 5.32 Å². The molecular formula is C20H20N6O2. The summed E-state index contributed by atoms with van der Waals surface area (Å²) >= 11 is 0. The molecule has 2 aromatic carbocycles. The largest absolute Gasteiger partial charge is 0.436 e. The predicted molar refractivity (Wildman–Crippen MR) is 103 cm³/mol. The lowest BCUT2D eigenvalue weighted by atomic mass is 10.0. The van der Waals surface area contributed by atoms with Gasteiger partial charge >= 0.3 is 0 Å². The first-order valence-corrected chi connectivity index (χ1v) is 9.10. The number of carbonyl (C=O) groups is 1. The first-order valence-electron chi connectivity index (χ1n) is 9.10. The number of hydrogen-bond donors (Lipinski definition) is 2. The molecule has 8 heteroatoms. The van der Waals surface area contributed by atoms with Gasteiger partial charge in [-0.05, 0) is 42.7 Å². The Hall–Kier alpha value is -3.55. The summed E-state index contributed by atoms with van der Waals surface area (Å²) in [6, 6.07) is 14.4. The van der Waals surface area contributed by atoms with Crippen molar-refractivity contribution >= 4 is 17.0 Å². The number of oxazole rings is 1. The van der Waals surface area contributed by atoms with Crippen molar-refractivity contribution in [2.24, 2.45) is 5.92 Å². The number of tetrazole rings is 1. The highest BCUT2D eigenvalue weighted by molar-refractivity contribution is 5.95. The number of carbonyl (C=O) groups excluding carboxylic acids is 1. The van der Waals surface area contributed by atoms with Gasteiger partial charge in [0, 0.05) is 11.1 Å². The van der Waals surface area contributed by atoms with Crippen molar-refractivity contribution < 1.29 is 9.21 Å². The molecule has 2 aromatic heterocycles. The van der Waals surface area contributed by atoms with Gasteiger partial charge in [0.25, 0.3) is 5.91 Å². The molecule has 1 atom stereocenters. The van der Waals surface area contributed by atoms with Gasteiger partial charge in [0.05, 0.1) is 6.04 Å². The molecule has 0 saturated heterocycles. The van der Waals surface area contributed by atoms with E-state index in [9.17, 15) is 4.79 Å². The summed E-state index contributed by atoms with van der Waals surface area (Å²) in [6.07, 6.45) is 0.704. The van der Waals surface area contributed by atoms with Crippen LogP contribution in [0, 0.1) is 5.92 Å². The first kappa shape index (κ1) is 17.8. The minimum atomic E-state index is -0.320. The van der Waals surface area contributed by atoms with Crippen LogP contribution in [0.25, 0.3) is 22.6 Å². The van der Waals surface area contributed by atoms with Crippen LogP contribution in [0.3, 0.4) is 0 Å². The highest BCUT2D eigenvalue weighted by atomic mass is 16.3. The number of aromatic amines is 1. The Balaban J connectivity index is 1.58. The van der Waals surface area contributed by atoms with Gasteiger partial charge in [-0.15, -0.1) is 10.2 Å². The quantitative estimate of drug-likeness (QED) is 0.533. The Morgan fingerprint density at radius 3 is 2.79 bits per heavy atom. The average Bonchev–Trinajstić information content (AvgIpc) is 3.37.